The van der Waals surface area contributed by atoms with Gasteiger partial charge in [-0.05, 0) is 48.5 Å². The van der Waals surface area contributed by atoms with Gasteiger partial charge in [-0.15, -0.1) is 0 Å². The van der Waals surface area contributed by atoms with Crippen LogP contribution in [0.1, 0.15) is 15.9 Å². The molecule has 2 aromatic carbocycles. The van der Waals surface area contributed by atoms with Crippen LogP contribution in [0.4, 0.5) is 5.69 Å². The predicted molar refractivity (Wildman–Crippen MR) is 107 cm³/mol. The average molecular weight is 420 g/mol. The first-order chi connectivity index (χ1) is 13.5. The van der Waals surface area contributed by atoms with E-state index in [1.54, 1.807) is 24.3 Å². The predicted octanol–water partition coefficient (Wildman–Crippen LogP) is 1.78. The molecule has 0 aliphatic heterocycles. The molecule has 9 nitrogen and oxygen atoms in total. The van der Waals surface area contributed by atoms with Crippen LogP contribution >= 0.6 is 0 Å². The van der Waals surface area contributed by atoms with E-state index in [-0.39, 0.29) is 18.9 Å². The largest absolute Gasteiger partial charge is 0.484 e. The fourth-order valence-corrected chi connectivity index (χ4v) is 2.81. The minimum atomic E-state index is -4.65. The zero-order chi connectivity index (χ0) is 21.5. The van der Waals surface area contributed by atoms with Crippen molar-refractivity contribution in [1.82, 2.24) is 5.32 Å². The first-order valence-corrected chi connectivity index (χ1v) is 10.8. The lowest BCUT2D eigenvalue weighted by molar-refractivity contribution is -0.122. The van der Waals surface area contributed by atoms with Crippen molar-refractivity contribution in [3.8, 4) is 5.75 Å². The molecule has 0 aliphatic rings. The van der Waals surface area contributed by atoms with Gasteiger partial charge in [0.15, 0.2) is 12.4 Å². The number of isocyanates is 1. The number of carbonyl (C=O) groups excluding carboxylic acids is 3. The van der Waals surface area contributed by atoms with Gasteiger partial charge in [0.1, 0.15) is 5.75 Å². The molecule has 154 valence electrons. The summed E-state index contributed by atoms with van der Waals surface area (Å²) < 4.78 is 34.9. The molecule has 0 unspecified atom stereocenters. The Bertz CT molecular complexity index is 993. The van der Waals surface area contributed by atoms with Crippen molar-refractivity contribution in [3.63, 3.8) is 0 Å². The topological polar surface area (TPSA) is 142 Å². The van der Waals surface area contributed by atoms with E-state index in [0.717, 1.165) is 6.26 Å². The Morgan fingerprint density at radius 2 is 1.62 bits per heavy atom. The Hall–Kier alpha value is -3.17. The molecule has 3 N–H and O–H groups in total. The maximum Gasteiger partial charge on any atom is 0.257 e. The van der Waals surface area contributed by atoms with E-state index >= 15 is 0 Å². The number of benzene rings is 2. The highest BCUT2D eigenvalue weighted by Gasteiger charge is 2.21. The van der Waals surface area contributed by atoms with Crippen molar-refractivity contribution in [2.45, 2.75) is 0 Å². The van der Waals surface area contributed by atoms with Crippen LogP contribution in [0.3, 0.4) is 0 Å². The third-order valence-corrected chi connectivity index (χ3v) is 4.83. The van der Waals surface area contributed by atoms with Crippen molar-refractivity contribution in [1.29, 1.82) is 0 Å². The number of aliphatic imine (C=N–C) groups is 1. The summed E-state index contributed by atoms with van der Waals surface area (Å²) in [6.07, 6.45) is 2.22. The zero-order valence-electron chi connectivity index (χ0n) is 15.5. The summed E-state index contributed by atoms with van der Waals surface area (Å²) in [6, 6.07) is 12.3. The van der Waals surface area contributed by atoms with E-state index in [0.29, 0.717) is 22.6 Å². The molecular weight excluding hydrogens is 400 g/mol. The maximum atomic E-state index is 12.4. The summed E-state index contributed by atoms with van der Waals surface area (Å²) in [5, 5.41) is 2.36. The fourth-order valence-electron chi connectivity index (χ4n) is 2.23. The van der Waals surface area contributed by atoms with Crippen LogP contribution in [-0.4, -0.2) is 56.2 Å². The molecule has 0 atom stereocenters. The van der Waals surface area contributed by atoms with E-state index in [9.17, 15) is 27.7 Å². The summed E-state index contributed by atoms with van der Waals surface area (Å²) in [5.41, 5.74) is 1.22. The summed E-state index contributed by atoms with van der Waals surface area (Å²) in [7, 11) is -4.65. The molecule has 2 rings (SSSR count). The molecule has 10 heteroatoms. The molecule has 0 spiro atoms. The van der Waals surface area contributed by atoms with Gasteiger partial charge in [0, 0.05) is 23.9 Å². The van der Waals surface area contributed by atoms with Crippen LogP contribution < -0.4 is 10.1 Å². The Morgan fingerprint density at radius 3 is 2.14 bits per heavy atom. The van der Waals surface area contributed by atoms with Crippen LogP contribution in [-0.2, 0) is 19.2 Å². The number of nitrogens with one attached hydrogen (secondary N) is 1. The fraction of sp³-hybridized carbons (Fsp3) is 0.211. The van der Waals surface area contributed by atoms with Gasteiger partial charge in [-0.2, -0.15) is 4.99 Å². The Balaban J connectivity index is 1.88. The first kappa shape index (κ1) is 22.1. The standard InChI is InChI=1S/C19H20N2O7S/c1-29(25,26,27)11-10-20-18(23)12-28-17-8-4-15(5-9-17)19(24)14-2-6-16(7-3-14)21-13-22/h2-9H,10-12H2,1H3,(H,20,23)(H2,25,26,27). The van der Waals surface area contributed by atoms with E-state index in [4.69, 9.17) is 4.74 Å². The van der Waals surface area contributed by atoms with Crippen LogP contribution in [0.2, 0.25) is 0 Å². The van der Waals surface area contributed by atoms with Gasteiger partial charge in [0.25, 0.3) is 5.91 Å². The molecule has 0 radical (unpaired) electrons. The molecule has 29 heavy (non-hydrogen) atoms. The first-order valence-electron chi connectivity index (χ1n) is 8.38. The molecule has 0 aromatic heterocycles. The molecule has 0 saturated heterocycles. The van der Waals surface area contributed by atoms with E-state index < -0.39 is 21.3 Å². The molecule has 0 heterocycles. The third kappa shape index (κ3) is 7.76. The summed E-state index contributed by atoms with van der Waals surface area (Å²) in [5.74, 6) is -0.891. The number of ketones is 1. The highest BCUT2D eigenvalue weighted by Crippen LogP contribution is 2.18. The molecular formula is C19H20N2O7S. The smallest absolute Gasteiger partial charge is 0.257 e. The number of amides is 1. The average Bonchev–Trinajstić information content (AvgIpc) is 2.65. The third-order valence-electron chi connectivity index (χ3n) is 3.68. The van der Waals surface area contributed by atoms with E-state index in [1.165, 1.54) is 30.3 Å². The Kier molecular flexibility index (Phi) is 6.78. The van der Waals surface area contributed by atoms with Gasteiger partial charge >= 0.3 is 0 Å². The quantitative estimate of drug-likeness (QED) is 0.319. The molecule has 2 aromatic rings. The number of rotatable bonds is 9. The second-order valence-electron chi connectivity index (χ2n) is 6.37. The maximum absolute atomic E-state index is 12.4. The summed E-state index contributed by atoms with van der Waals surface area (Å²) >= 11 is 0. The Labute approximate surface area is 166 Å². The number of nitrogens with zero attached hydrogens (tertiary/aromatic N) is 1. The van der Waals surface area contributed by atoms with Crippen LogP contribution in [0.25, 0.3) is 0 Å². The van der Waals surface area contributed by atoms with Crippen molar-refractivity contribution >= 4 is 33.1 Å². The monoisotopic (exact) mass is 420 g/mol. The van der Waals surface area contributed by atoms with Crippen LogP contribution in [0.5, 0.6) is 5.75 Å². The normalized spacial score (nSPS) is 12.2. The minimum absolute atomic E-state index is 0.179. The second-order valence-corrected chi connectivity index (χ2v) is 9.64. The van der Waals surface area contributed by atoms with Gasteiger partial charge in [-0.1, -0.05) is 0 Å². The van der Waals surface area contributed by atoms with Gasteiger partial charge in [-0.3, -0.25) is 9.59 Å². The van der Waals surface area contributed by atoms with Crippen molar-refractivity contribution < 1.29 is 32.4 Å². The number of hydrogen-bond donors (Lipinski definition) is 3. The highest BCUT2D eigenvalue weighted by atomic mass is 32.3. The molecule has 0 aliphatic carbocycles. The minimum Gasteiger partial charge on any atom is -0.484 e. The van der Waals surface area contributed by atoms with Crippen LogP contribution in [0.15, 0.2) is 53.5 Å². The number of ether oxygens (including phenoxy) is 1. The van der Waals surface area contributed by atoms with Crippen molar-refractivity contribution in [3.05, 3.63) is 59.7 Å². The molecule has 0 fully saturated rings. The van der Waals surface area contributed by atoms with Gasteiger partial charge in [-0.25, -0.2) is 9.00 Å². The zero-order valence-corrected chi connectivity index (χ0v) is 16.3. The highest BCUT2D eigenvalue weighted by molar-refractivity contribution is 8.09. The SMILES string of the molecule is CS(=O)(O)(O)CCNC(=O)COc1ccc(C(=O)c2ccc(N=C=O)cc2)cc1. The lowest BCUT2D eigenvalue weighted by atomic mass is 10.0. The second kappa shape index (κ2) is 8.89. The summed E-state index contributed by atoms with van der Waals surface area (Å²) in [6.45, 7) is -0.514. The number of hydrogen-bond acceptors (Lipinski definition) is 6. The van der Waals surface area contributed by atoms with Gasteiger partial charge < -0.3 is 19.2 Å². The van der Waals surface area contributed by atoms with Gasteiger partial charge in [0.05, 0.1) is 21.1 Å². The summed E-state index contributed by atoms with van der Waals surface area (Å²) in [4.78, 5) is 37.8. The lowest BCUT2D eigenvalue weighted by Crippen LogP contribution is -2.41. The Morgan fingerprint density at radius 1 is 1.07 bits per heavy atom. The molecule has 0 bridgehead atoms. The van der Waals surface area contributed by atoms with Crippen molar-refractivity contribution in [2.24, 2.45) is 4.99 Å². The van der Waals surface area contributed by atoms with Crippen molar-refractivity contribution in [2.75, 3.05) is 25.2 Å². The van der Waals surface area contributed by atoms with E-state index in [2.05, 4.69) is 10.3 Å². The molecule has 1 amide bonds. The lowest BCUT2D eigenvalue weighted by Gasteiger charge is -2.24. The van der Waals surface area contributed by atoms with E-state index in [1.807, 2.05) is 0 Å². The number of carbonyl (C=O) groups is 2. The van der Waals surface area contributed by atoms with Gasteiger partial charge in [0.2, 0.25) is 6.08 Å². The van der Waals surface area contributed by atoms with Crippen LogP contribution in [0, 0.1) is 0 Å². The molecule has 0 saturated carbocycles.